The average Bonchev–Trinajstić information content (AvgIpc) is 2.25. The molecule has 0 aromatic heterocycles. The topological polar surface area (TPSA) is 63.4 Å². The average molecular weight is 241 g/mol. The highest BCUT2D eigenvalue weighted by atomic mass is 32.2. The SMILES string of the molecule is CC(C)CSc1ccc([N+](=O)[O-])cc1CO. The highest BCUT2D eigenvalue weighted by Gasteiger charge is 2.10. The monoisotopic (exact) mass is 241 g/mol. The molecule has 0 atom stereocenters. The van der Waals surface area contributed by atoms with Gasteiger partial charge in [0.25, 0.3) is 5.69 Å². The van der Waals surface area contributed by atoms with Gasteiger partial charge in [-0.05, 0) is 17.5 Å². The molecule has 0 aliphatic heterocycles. The zero-order valence-corrected chi connectivity index (χ0v) is 10.2. The van der Waals surface area contributed by atoms with Crippen LogP contribution in [0.1, 0.15) is 19.4 Å². The molecule has 16 heavy (non-hydrogen) atoms. The number of nitrogens with zero attached hydrogens (tertiary/aromatic N) is 1. The normalized spacial score (nSPS) is 10.8. The number of non-ortho nitro benzene ring substituents is 1. The van der Waals surface area contributed by atoms with Gasteiger partial charge in [0.15, 0.2) is 0 Å². The van der Waals surface area contributed by atoms with Crippen LogP contribution in [0.4, 0.5) is 5.69 Å². The van der Waals surface area contributed by atoms with Gasteiger partial charge in [0.1, 0.15) is 0 Å². The smallest absolute Gasteiger partial charge is 0.269 e. The van der Waals surface area contributed by atoms with Gasteiger partial charge in [0.2, 0.25) is 0 Å². The van der Waals surface area contributed by atoms with E-state index in [0.717, 1.165) is 10.6 Å². The van der Waals surface area contributed by atoms with Crippen molar-refractivity contribution in [2.24, 2.45) is 5.92 Å². The van der Waals surface area contributed by atoms with Crippen LogP contribution >= 0.6 is 11.8 Å². The van der Waals surface area contributed by atoms with Crippen molar-refractivity contribution in [2.45, 2.75) is 25.3 Å². The second kappa shape index (κ2) is 5.86. The Labute approximate surface area is 98.8 Å². The van der Waals surface area contributed by atoms with Gasteiger partial charge in [-0.2, -0.15) is 0 Å². The minimum absolute atomic E-state index is 0.0259. The summed E-state index contributed by atoms with van der Waals surface area (Å²) in [6, 6.07) is 4.61. The van der Waals surface area contributed by atoms with Crippen LogP contribution in [0.3, 0.4) is 0 Å². The van der Waals surface area contributed by atoms with E-state index >= 15 is 0 Å². The molecule has 0 radical (unpaired) electrons. The fourth-order valence-corrected chi connectivity index (χ4v) is 2.19. The van der Waals surface area contributed by atoms with E-state index in [1.807, 2.05) is 0 Å². The van der Waals surface area contributed by atoms with Crippen LogP contribution < -0.4 is 0 Å². The first-order valence-electron chi connectivity index (χ1n) is 5.05. The van der Waals surface area contributed by atoms with Crippen LogP contribution in [-0.4, -0.2) is 15.8 Å². The molecule has 0 saturated heterocycles. The van der Waals surface area contributed by atoms with Gasteiger partial charge in [0.05, 0.1) is 11.5 Å². The van der Waals surface area contributed by atoms with Crippen molar-refractivity contribution >= 4 is 17.4 Å². The van der Waals surface area contributed by atoms with Crippen LogP contribution in [0.5, 0.6) is 0 Å². The predicted molar refractivity (Wildman–Crippen MR) is 64.6 cm³/mol. The second-order valence-electron chi connectivity index (χ2n) is 3.91. The number of thioether (sulfide) groups is 1. The number of hydrogen-bond donors (Lipinski definition) is 1. The summed E-state index contributed by atoms with van der Waals surface area (Å²) in [5.74, 6) is 1.48. The second-order valence-corrected chi connectivity index (χ2v) is 4.97. The number of nitro groups is 1. The van der Waals surface area contributed by atoms with Crippen LogP contribution in [0.2, 0.25) is 0 Å². The molecule has 4 nitrogen and oxygen atoms in total. The summed E-state index contributed by atoms with van der Waals surface area (Å²) in [5.41, 5.74) is 0.651. The summed E-state index contributed by atoms with van der Waals surface area (Å²) in [5, 5.41) is 19.7. The van der Waals surface area contributed by atoms with Crippen molar-refractivity contribution in [2.75, 3.05) is 5.75 Å². The Balaban J connectivity index is 2.89. The molecule has 0 fully saturated rings. The van der Waals surface area contributed by atoms with Crippen molar-refractivity contribution in [3.8, 4) is 0 Å². The van der Waals surface area contributed by atoms with E-state index in [1.165, 1.54) is 12.1 Å². The first-order valence-corrected chi connectivity index (χ1v) is 6.04. The van der Waals surface area contributed by atoms with Gasteiger partial charge in [-0.25, -0.2) is 0 Å². The van der Waals surface area contributed by atoms with Gasteiger partial charge in [0, 0.05) is 22.8 Å². The molecule has 1 N–H and O–H groups in total. The lowest BCUT2D eigenvalue weighted by molar-refractivity contribution is -0.385. The summed E-state index contributed by atoms with van der Waals surface area (Å²) in [4.78, 5) is 11.0. The van der Waals surface area contributed by atoms with Crippen LogP contribution in [0.25, 0.3) is 0 Å². The van der Waals surface area contributed by atoms with Gasteiger partial charge in [-0.3, -0.25) is 10.1 Å². The minimum Gasteiger partial charge on any atom is -0.392 e. The number of rotatable bonds is 5. The molecule has 1 aromatic rings. The van der Waals surface area contributed by atoms with Crippen molar-refractivity contribution in [3.63, 3.8) is 0 Å². The van der Waals surface area contributed by atoms with Crippen molar-refractivity contribution in [1.82, 2.24) is 0 Å². The Hall–Kier alpha value is -1.07. The number of nitro benzene ring substituents is 1. The van der Waals surface area contributed by atoms with Gasteiger partial charge >= 0.3 is 0 Å². The molecule has 88 valence electrons. The number of aliphatic hydroxyl groups excluding tert-OH is 1. The fraction of sp³-hybridized carbons (Fsp3) is 0.455. The summed E-state index contributed by atoms with van der Waals surface area (Å²) < 4.78 is 0. The minimum atomic E-state index is -0.448. The highest BCUT2D eigenvalue weighted by molar-refractivity contribution is 7.99. The van der Waals surface area contributed by atoms with Crippen molar-refractivity contribution in [1.29, 1.82) is 0 Å². The number of benzene rings is 1. The van der Waals surface area contributed by atoms with E-state index in [9.17, 15) is 10.1 Å². The zero-order valence-electron chi connectivity index (χ0n) is 9.34. The molecule has 0 spiro atoms. The van der Waals surface area contributed by atoms with E-state index < -0.39 is 4.92 Å². The van der Waals surface area contributed by atoms with Gasteiger partial charge in [-0.15, -0.1) is 11.8 Å². The van der Waals surface area contributed by atoms with E-state index in [0.29, 0.717) is 11.5 Å². The highest BCUT2D eigenvalue weighted by Crippen LogP contribution is 2.28. The standard InChI is InChI=1S/C11H15NO3S/c1-8(2)7-16-11-4-3-10(12(14)15)5-9(11)6-13/h3-5,8,13H,6-7H2,1-2H3. The molecule has 0 amide bonds. The molecule has 0 unspecified atom stereocenters. The van der Waals surface area contributed by atoms with E-state index in [2.05, 4.69) is 13.8 Å². The maximum atomic E-state index is 10.6. The summed E-state index contributed by atoms with van der Waals surface area (Å²) in [6.45, 7) is 4.05. The molecule has 0 heterocycles. The Morgan fingerprint density at radius 2 is 2.19 bits per heavy atom. The summed E-state index contributed by atoms with van der Waals surface area (Å²) in [7, 11) is 0. The third-order valence-electron chi connectivity index (χ3n) is 2.00. The Kier molecular flexibility index (Phi) is 4.76. The third kappa shape index (κ3) is 3.50. The van der Waals surface area contributed by atoms with Crippen LogP contribution in [0, 0.1) is 16.0 Å². The van der Waals surface area contributed by atoms with Crippen molar-refractivity contribution in [3.05, 3.63) is 33.9 Å². The lowest BCUT2D eigenvalue weighted by atomic mass is 10.2. The third-order valence-corrected chi connectivity index (χ3v) is 3.54. The predicted octanol–water partition coefficient (Wildman–Crippen LogP) is 2.84. The van der Waals surface area contributed by atoms with Gasteiger partial charge in [-0.1, -0.05) is 13.8 Å². The molecular weight excluding hydrogens is 226 g/mol. The summed E-state index contributed by atoms with van der Waals surface area (Å²) >= 11 is 1.62. The molecule has 0 bridgehead atoms. The molecular formula is C11H15NO3S. The molecule has 1 rings (SSSR count). The van der Waals surface area contributed by atoms with Crippen LogP contribution in [-0.2, 0) is 6.61 Å². The summed E-state index contributed by atoms with van der Waals surface area (Å²) in [6.07, 6.45) is 0. The largest absolute Gasteiger partial charge is 0.392 e. The molecule has 5 heteroatoms. The van der Waals surface area contributed by atoms with Crippen molar-refractivity contribution < 1.29 is 10.0 Å². The van der Waals surface area contributed by atoms with E-state index in [1.54, 1.807) is 17.8 Å². The van der Waals surface area contributed by atoms with Crippen LogP contribution in [0.15, 0.2) is 23.1 Å². The lowest BCUT2D eigenvalue weighted by Crippen LogP contribution is -1.95. The fourth-order valence-electron chi connectivity index (χ4n) is 1.20. The molecule has 0 saturated carbocycles. The Bertz CT molecular complexity index is 379. The first-order chi connectivity index (χ1) is 7.54. The maximum Gasteiger partial charge on any atom is 0.269 e. The Morgan fingerprint density at radius 1 is 1.50 bits per heavy atom. The van der Waals surface area contributed by atoms with E-state index in [-0.39, 0.29) is 12.3 Å². The molecule has 0 aliphatic carbocycles. The van der Waals surface area contributed by atoms with Gasteiger partial charge < -0.3 is 5.11 Å². The molecule has 0 aliphatic rings. The van der Waals surface area contributed by atoms with E-state index in [4.69, 9.17) is 5.11 Å². The number of hydrogen-bond acceptors (Lipinski definition) is 4. The quantitative estimate of drug-likeness (QED) is 0.489. The lowest BCUT2D eigenvalue weighted by Gasteiger charge is -2.08. The number of aliphatic hydroxyl groups is 1. The molecule has 1 aromatic carbocycles. The first kappa shape index (κ1) is 13.0. The Morgan fingerprint density at radius 3 is 2.69 bits per heavy atom. The zero-order chi connectivity index (χ0) is 12.1. The maximum absolute atomic E-state index is 10.6.